The first-order valence-corrected chi connectivity index (χ1v) is 3.55. The normalized spacial score (nSPS) is 10.2. The zero-order chi connectivity index (χ0) is 8.43. The molecule has 1 aromatic rings. The van der Waals surface area contributed by atoms with Gasteiger partial charge in [-0.1, -0.05) is 0 Å². The van der Waals surface area contributed by atoms with Crippen LogP contribution in [-0.4, -0.2) is 26.9 Å². The Morgan fingerprint density at radius 2 is 2.27 bits per heavy atom. The third-order valence-corrected chi connectivity index (χ3v) is 1.62. The maximum atomic E-state index is 8.90. The van der Waals surface area contributed by atoms with E-state index < -0.39 is 7.12 Å². The fourth-order valence-corrected chi connectivity index (χ4v) is 1.08. The Kier molecular flexibility index (Phi) is 2.31. The quantitative estimate of drug-likeness (QED) is 0.531. The number of hydrogen-bond acceptors (Lipinski definition) is 3. The van der Waals surface area contributed by atoms with Gasteiger partial charge in [-0.25, -0.2) is 0 Å². The van der Waals surface area contributed by atoms with Crippen LogP contribution in [0.5, 0.6) is 0 Å². The van der Waals surface area contributed by atoms with Gasteiger partial charge in [-0.15, -0.1) is 0 Å². The van der Waals surface area contributed by atoms with Crippen LogP contribution < -0.4 is 5.59 Å². The maximum Gasteiger partial charge on any atom is 0.508 e. The van der Waals surface area contributed by atoms with Gasteiger partial charge in [0.2, 0.25) is 0 Å². The van der Waals surface area contributed by atoms with Gasteiger partial charge < -0.3 is 10.0 Å². The predicted octanol–water partition coefficient (Wildman–Crippen LogP) is -1.11. The van der Waals surface area contributed by atoms with E-state index in [4.69, 9.17) is 10.0 Å². The van der Waals surface area contributed by atoms with Gasteiger partial charge in [-0.05, 0) is 19.4 Å². The van der Waals surface area contributed by atoms with E-state index in [0.717, 1.165) is 5.56 Å². The van der Waals surface area contributed by atoms with E-state index in [1.54, 1.807) is 17.8 Å². The molecule has 1 aromatic heterocycles. The van der Waals surface area contributed by atoms with E-state index in [0.29, 0.717) is 12.1 Å². The fourth-order valence-electron chi connectivity index (χ4n) is 1.08. The molecule has 4 nitrogen and oxygen atoms in total. The molecule has 0 radical (unpaired) electrons. The molecule has 0 aromatic carbocycles. The van der Waals surface area contributed by atoms with Gasteiger partial charge in [-0.3, -0.25) is 4.68 Å². The highest BCUT2D eigenvalue weighted by molar-refractivity contribution is 6.58. The molecule has 0 unspecified atom stereocenters. The van der Waals surface area contributed by atoms with Crippen molar-refractivity contribution in [2.75, 3.05) is 0 Å². The monoisotopic (exact) mass is 154 g/mol. The lowest BCUT2D eigenvalue weighted by molar-refractivity contribution is 0.420. The lowest BCUT2D eigenvalue weighted by Crippen LogP contribution is -2.38. The van der Waals surface area contributed by atoms with Crippen LogP contribution in [0.1, 0.15) is 12.5 Å². The molecule has 0 atom stereocenters. The molecular formula is C6H11BN2O2. The molecule has 0 aliphatic heterocycles. The molecule has 11 heavy (non-hydrogen) atoms. The number of hydrogen-bond donors (Lipinski definition) is 2. The Labute approximate surface area is 65.6 Å². The Morgan fingerprint density at radius 1 is 1.64 bits per heavy atom. The maximum absolute atomic E-state index is 8.90. The average Bonchev–Trinajstić information content (AvgIpc) is 2.30. The van der Waals surface area contributed by atoms with Gasteiger partial charge in [-0.2, -0.15) is 5.10 Å². The van der Waals surface area contributed by atoms with Crippen LogP contribution in [0.25, 0.3) is 0 Å². The van der Waals surface area contributed by atoms with Crippen LogP contribution in [0.2, 0.25) is 0 Å². The van der Waals surface area contributed by atoms with Crippen molar-refractivity contribution in [2.24, 2.45) is 0 Å². The molecule has 0 fully saturated rings. The van der Waals surface area contributed by atoms with Gasteiger partial charge in [0, 0.05) is 6.54 Å². The lowest BCUT2D eigenvalue weighted by atomic mass is 9.83. The Bertz CT molecular complexity index is 247. The van der Waals surface area contributed by atoms with Crippen LogP contribution >= 0.6 is 0 Å². The fraction of sp³-hybridized carbons (Fsp3) is 0.500. The van der Waals surface area contributed by atoms with Crippen LogP contribution in [0.4, 0.5) is 0 Å². The summed E-state index contributed by atoms with van der Waals surface area (Å²) < 4.78 is 1.57. The molecule has 0 saturated heterocycles. The molecule has 0 aliphatic rings. The summed E-state index contributed by atoms with van der Waals surface area (Å²) >= 11 is 0. The molecule has 0 spiro atoms. The van der Waals surface area contributed by atoms with E-state index >= 15 is 0 Å². The zero-order valence-corrected chi connectivity index (χ0v) is 6.65. The Morgan fingerprint density at radius 3 is 2.64 bits per heavy atom. The van der Waals surface area contributed by atoms with Crippen LogP contribution in [0.15, 0.2) is 6.20 Å². The summed E-state index contributed by atoms with van der Waals surface area (Å²) in [5, 5.41) is 21.8. The van der Waals surface area contributed by atoms with Crippen molar-refractivity contribution in [1.82, 2.24) is 9.78 Å². The van der Waals surface area contributed by atoms with E-state index in [-0.39, 0.29) is 0 Å². The van der Waals surface area contributed by atoms with Crippen molar-refractivity contribution in [3.8, 4) is 0 Å². The van der Waals surface area contributed by atoms with Gasteiger partial charge in [0.25, 0.3) is 0 Å². The summed E-state index contributed by atoms with van der Waals surface area (Å²) in [5.41, 5.74) is 1.29. The first kappa shape index (κ1) is 8.29. The molecule has 60 valence electrons. The van der Waals surface area contributed by atoms with Gasteiger partial charge in [0.05, 0.1) is 11.8 Å². The molecule has 1 heterocycles. The molecule has 0 bridgehead atoms. The molecule has 0 aliphatic carbocycles. The SMILES string of the molecule is CCn1ncc(C)c1B(O)O. The minimum atomic E-state index is -1.42. The van der Waals surface area contributed by atoms with Gasteiger partial charge in [0.1, 0.15) is 0 Å². The summed E-state index contributed by atoms with van der Waals surface area (Å²) in [6, 6.07) is 0. The second kappa shape index (κ2) is 3.06. The van der Waals surface area contributed by atoms with Crippen LogP contribution in [0, 0.1) is 6.92 Å². The standard InChI is InChI=1S/C6H11BN2O2/c1-3-9-6(7(10)11)5(2)4-8-9/h4,10-11H,3H2,1-2H3. The van der Waals surface area contributed by atoms with E-state index in [1.165, 1.54) is 0 Å². The predicted molar refractivity (Wildman–Crippen MR) is 42.5 cm³/mol. The number of rotatable bonds is 2. The summed E-state index contributed by atoms with van der Waals surface area (Å²) in [5.74, 6) is 0. The minimum Gasteiger partial charge on any atom is -0.422 e. The lowest BCUT2D eigenvalue weighted by Gasteiger charge is -2.03. The molecule has 2 N–H and O–H groups in total. The van der Waals surface area contributed by atoms with Crippen molar-refractivity contribution in [1.29, 1.82) is 0 Å². The number of aromatic nitrogens is 2. The number of aryl methyl sites for hydroxylation is 2. The highest BCUT2D eigenvalue weighted by atomic mass is 16.4. The molecule has 5 heteroatoms. The molecule has 1 rings (SSSR count). The summed E-state index contributed by atoms with van der Waals surface area (Å²) in [7, 11) is -1.42. The van der Waals surface area contributed by atoms with Crippen LogP contribution in [-0.2, 0) is 6.54 Å². The first-order chi connectivity index (χ1) is 5.16. The first-order valence-electron chi connectivity index (χ1n) is 3.55. The zero-order valence-electron chi connectivity index (χ0n) is 6.65. The van der Waals surface area contributed by atoms with Crippen molar-refractivity contribution < 1.29 is 10.0 Å². The highest BCUT2D eigenvalue weighted by Gasteiger charge is 2.19. The highest BCUT2D eigenvalue weighted by Crippen LogP contribution is 1.92. The smallest absolute Gasteiger partial charge is 0.422 e. The molecule has 0 amide bonds. The van der Waals surface area contributed by atoms with Crippen molar-refractivity contribution in [3.63, 3.8) is 0 Å². The van der Waals surface area contributed by atoms with E-state index in [9.17, 15) is 0 Å². The van der Waals surface area contributed by atoms with E-state index in [1.807, 2.05) is 6.92 Å². The largest absolute Gasteiger partial charge is 0.508 e. The van der Waals surface area contributed by atoms with Gasteiger partial charge >= 0.3 is 7.12 Å². The average molecular weight is 154 g/mol. The summed E-state index contributed by atoms with van der Waals surface area (Å²) in [4.78, 5) is 0. The van der Waals surface area contributed by atoms with Crippen molar-refractivity contribution in [3.05, 3.63) is 11.8 Å². The minimum absolute atomic E-state index is 0.479. The topological polar surface area (TPSA) is 58.3 Å². The van der Waals surface area contributed by atoms with Crippen LogP contribution in [0.3, 0.4) is 0 Å². The summed E-state index contributed by atoms with van der Waals surface area (Å²) in [6.07, 6.45) is 1.62. The molecule has 0 saturated carbocycles. The number of nitrogens with zero attached hydrogens (tertiary/aromatic N) is 2. The second-order valence-electron chi connectivity index (χ2n) is 2.40. The van der Waals surface area contributed by atoms with E-state index in [2.05, 4.69) is 5.10 Å². The van der Waals surface area contributed by atoms with Crippen molar-refractivity contribution >= 4 is 12.7 Å². The molecular weight excluding hydrogens is 143 g/mol. The third-order valence-electron chi connectivity index (χ3n) is 1.62. The van der Waals surface area contributed by atoms with Gasteiger partial charge in [0.15, 0.2) is 0 Å². The second-order valence-corrected chi connectivity index (χ2v) is 2.40. The third kappa shape index (κ3) is 1.44. The van der Waals surface area contributed by atoms with Crippen molar-refractivity contribution in [2.45, 2.75) is 20.4 Å². The Hall–Kier alpha value is -0.805. The Balaban J connectivity index is 3.07. The summed E-state index contributed by atoms with van der Waals surface area (Å²) in [6.45, 7) is 4.35.